The Morgan fingerprint density at radius 1 is 1.27 bits per heavy atom. The molecule has 2 fully saturated rings. The number of hydrogen-bond acceptors (Lipinski definition) is 6. The van der Waals surface area contributed by atoms with E-state index in [1.807, 2.05) is 6.07 Å². The van der Waals surface area contributed by atoms with Crippen molar-refractivity contribution in [2.24, 2.45) is 16.0 Å². The Morgan fingerprint density at radius 2 is 2.09 bits per heavy atom. The van der Waals surface area contributed by atoms with Gasteiger partial charge in [-0.25, -0.2) is 8.78 Å². The molecular formula is C23H24F2N4O3S. The number of alkyl halides is 2. The number of hydrogen-bond donors (Lipinski definition) is 2. The number of pyridine rings is 1. The Balaban J connectivity index is 1.16. The van der Waals surface area contributed by atoms with Crippen LogP contribution in [0.25, 0.3) is 0 Å². The minimum atomic E-state index is -2.59. The van der Waals surface area contributed by atoms with E-state index < -0.39 is 12.5 Å². The second-order valence-corrected chi connectivity index (χ2v) is 10.0. The van der Waals surface area contributed by atoms with Gasteiger partial charge in [-0.05, 0) is 42.9 Å². The van der Waals surface area contributed by atoms with Crippen molar-refractivity contribution in [2.45, 2.75) is 44.6 Å². The molecule has 2 saturated carbocycles. The lowest BCUT2D eigenvalue weighted by Crippen LogP contribution is -2.44. The molecule has 2 atom stereocenters. The molecule has 33 heavy (non-hydrogen) atoms. The standard InChI is InChI=1S/C23H24F2N4O3S/c24-19(25)15-7-18(33-10-15)21(31)28-13-23(11-22(23)4-2-5-22)12-27-20(30)17-8-16(29-32-17)14-3-1-6-26-9-14/h1,3,6-7,9-10,17,19H,2,4-5,8,11-13H2,(H,27,30)(H,28,31). The summed E-state index contributed by atoms with van der Waals surface area (Å²) >= 11 is 1.01. The first kappa shape index (κ1) is 21.9. The van der Waals surface area contributed by atoms with Crippen molar-refractivity contribution < 1.29 is 23.2 Å². The summed E-state index contributed by atoms with van der Waals surface area (Å²) in [5.41, 5.74) is 1.30. The average molecular weight is 475 g/mol. The first-order valence-electron chi connectivity index (χ1n) is 11.0. The molecule has 0 saturated heterocycles. The van der Waals surface area contributed by atoms with Crippen molar-refractivity contribution in [2.75, 3.05) is 13.1 Å². The maximum absolute atomic E-state index is 12.8. The van der Waals surface area contributed by atoms with E-state index in [2.05, 4.69) is 20.8 Å². The minimum absolute atomic E-state index is 0.140. The number of aromatic nitrogens is 1. The Bertz CT molecular complexity index is 1090. The fourth-order valence-electron chi connectivity index (χ4n) is 4.99. The monoisotopic (exact) mass is 474 g/mol. The molecule has 10 heteroatoms. The molecule has 7 nitrogen and oxygen atoms in total. The van der Waals surface area contributed by atoms with Crippen molar-refractivity contribution in [1.29, 1.82) is 0 Å². The highest BCUT2D eigenvalue weighted by Crippen LogP contribution is 2.73. The number of carbonyl (C=O) groups excluding carboxylic acids is 2. The average Bonchev–Trinajstić information content (AvgIpc) is 3.15. The first-order chi connectivity index (χ1) is 15.9. The van der Waals surface area contributed by atoms with Crippen molar-refractivity contribution >= 4 is 28.9 Å². The zero-order valence-electron chi connectivity index (χ0n) is 17.9. The quantitative estimate of drug-likeness (QED) is 0.611. The lowest BCUT2D eigenvalue weighted by Gasteiger charge is -2.33. The summed E-state index contributed by atoms with van der Waals surface area (Å²) in [7, 11) is 0. The van der Waals surface area contributed by atoms with Crippen LogP contribution in [0.3, 0.4) is 0 Å². The molecule has 3 aliphatic rings. The van der Waals surface area contributed by atoms with E-state index in [0.29, 0.717) is 25.2 Å². The van der Waals surface area contributed by atoms with Gasteiger partial charge in [0.25, 0.3) is 18.2 Å². The number of rotatable bonds is 8. The fraction of sp³-hybridized carbons (Fsp3) is 0.478. The summed E-state index contributed by atoms with van der Waals surface area (Å²) in [6, 6.07) is 4.91. The molecule has 2 aromatic rings. The normalized spacial score (nSPS) is 24.7. The predicted molar refractivity (Wildman–Crippen MR) is 118 cm³/mol. The molecule has 1 aliphatic heterocycles. The number of nitrogens with zero attached hydrogens (tertiary/aromatic N) is 2. The number of carbonyl (C=O) groups is 2. The molecule has 0 radical (unpaired) electrons. The number of oxime groups is 1. The van der Waals surface area contributed by atoms with Gasteiger partial charge in [0, 0.05) is 53.8 Å². The van der Waals surface area contributed by atoms with Gasteiger partial charge < -0.3 is 15.5 Å². The second kappa shape index (κ2) is 8.48. The van der Waals surface area contributed by atoms with E-state index in [-0.39, 0.29) is 33.1 Å². The highest BCUT2D eigenvalue weighted by Gasteiger charge is 2.69. The Morgan fingerprint density at radius 3 is 2.73 bits per heavy atom. The largest absolute Gasteiger partial charge is 0.382 e. The van der Waals surface area contributed by atoms with E-state index in [9.17, 15) is 18.4 Å². The molecule has 0 bridgehead atoms. The SMILES string of the molecule is O=C(NCC1(CNC(=O)C2CC(c3cccnc3)=NO2)CC12CCC2)c1cc(C(F)F)cs1. The summed E-state index contributed by atoms with van der Waals surface area (Å²) < 4.78 is 25.6. The van der Waals surface area contributed by atoms with Gasteiger partial charge in [0.1, 0.15) is 0 Å². The van der Waals surface area contributed by atoms with Gasteiger partial charge >= 0.3 is 0 Å². The van der Waals surface area contributed by atoms with Gasteiger partial charge in [-0.2, -0.15) is 0 Å². The van der Waals surface area contributed by atoms with Gasteiger partial charge in [0.15, 0.2) is 0 Å². The second-order valence-electron chi connectivity index (χ2n) is 9.11. The summed E-state index contributed by atoms with van der Waals surface area (Å²) in [6.45, 7) is 0.831. The highest BCUT2D eigenvalue weighted by molar-refractivity contribution is 7.12. The van der Waals surface area contributed by atoms with Gasteiger partial charge in [-0.3, -0.25) is 14.6 Å². The Labute approximate surface area is 193 Å². The van der Waals surface area contributed by atoms with Crippen molar-refractivity contribution in [3.8, 4) is 0 Å². The predicted octanol–water partition coefficient (Wildman–Crippen LogP) is 3.68. The van der Waals surface area contributed by atoms with Crippen LogP contribution in [0.2, 0.25) is 0 Å². The molecule has 2 aliphatic carbocycles. The molecule has 2 aromatic heterocycles. The smallest absolute Gasteiger partial charge is 0.264 e. The van der Waals surface area contributed by atoms with Crippen molar-refractivity contribution in [3.05, 3.63) is 52.0 Å². The fourth-order valence-corrected chi connectivity index (χ4v) is 5.81. The van der Waals surface area contributed by atoms with Crippen molar-refractivity contribution in [3.63, 3.8) is 0 Å². The van der Waals surface area contributed by atoms with Crippen LogP contribution >= 0.6 is 11.3 Å². The van der Waals surface area contributed by atoms with Gasteiger partial charge in [0.2, 0.25) is 6.10 Å². The zero-order valence-corrected chi connectivity index (χ0v) is 18.7. The van der Waals surface area contributed by atoms with Crippen LogP contribution < -0.4 is 10.6 Å². The third-order valence-corrected chi connectivity index (χ3v) is 8.17. The van der Waals surface area contributed by atoms with Crippen molar-refractivity contribution in [1.82, 2.24) is 15.6 Å². The number of amides is 2. The van der Waals surface area contributed by atoms with Crippen LogP contribution in [0.15, 0.2) is 41.1 Å². The van der Waals surface area contributed by atoms with Gasteiger partial charge in [-0.15, -0.1) is 11.3 Å². The van der Waals surface area contributed by atoms with E-state index in [0.717, 1.165) is 42.6 Å². The Hall–Kier alpha value is -2.88. The van der Waals surface area contributed by atoms with E-state index >= 15 is 0 Å². The van der Waals surface area contributed by atoms with Gasteiger partial charge in [-0.1, -0.05) is 11.6 Å². The topological polar surface area (TPSA) is 92.7 Å². The van der Waals surface area contributed by atoms with E-state index in [4.69, 9.17) is 4.84 Å². The van der Waals surface area contributed by atoms with Crippen LogP contribution in [-0.2, 0) is 9.63 Å². The minimum Gasteiger partial charge on any atom is -0.382 e. The van der Waals surface area contributed by atoms with E-state index in [1.165, 1.54) is 11.4 Å². The van der Waals surface area contributed by atoms with Crippen LogP contribution in [0, 0.1) is 10.8 Å². The van der Waals surface area contributed by atoms with Gasteiger partial charge in [0.05, 0.1) is 10.6 Å². The molecule has 2 N–H and O–H groups in total. The lowest BCUT2D eigenvalue weighted by molar-refractivity contribution is -0.131. The molecule has 1 spiro atoms. The molecule has 2 amide bonds. The summed E-state index contributed by atoms with van der Waals surface area (Å²) in [5, 5.41) is 11.3. The third kappa shape index (κ3) is 4.12. The molecule has 3 heterocycles. The Kier molecular flexibility index (Phi) is 5.64. The first-order valence-corrected chi connectivity index (χ1v) is 11.9. The zero-order chi connectivity index (χ0) is 23.1. The highest BCUT2D eigenvalue weighted by atomic mass is 32.1. The van der Waals surface area contributed by atoms with Crippen LogP contribution in [0.1, 0.15) is 59.3 Å². The molecule has 5 rings (SSSR count). The van der Waals surface area contributed by atoms with Crippen LogP contribution in [0.5, 0.6) is 0 Å². The number of halogens is 2. The molecular weight excluding hydrogens is 450 g/mol. The summed E-state index contributed by atoms with van der Waals surface area (Å²) in [6.07, 6.45) is 4.65. The van der Waals surface area contributed by atoms with Crippen LogP contribution in [-0.4, -0.2) is 41.7 Å². The molecule has 2 unspecified atom stereocenters. The number of nitrogens with one attached hydrogen (secondary N) is 2. The summed E-state index contributed by atoms with van der Waals surface area (Å²) in [4.78, 5) is 35.0. The lowest BCUT2D eigenvalue weighted by atomic mass is 9.75. The number of thiophene rings is 1. The molecule has 174 valence electrons. The summed E-state index contributed by atoms with van der Waals surface area (Å²) in [5.74, 6) is -0.586. The maximum Gasteiger partial charge on any atom is 0.264 e. The third-order valence-electron chi connectivity index (χ3n) is 7.23. The van der Waals surface area contributed by atoms with Crippen LogP contribution in [0.4, 0.5) is 8.78 Å². The molecule has 0 aromatic carbocycles. The van der Waals surface area contributed by atoms with E-state index in [1.54, 1.807) is 18.5 Å². The maximum atomic E-state index is 12.8.